The van der Waals surface area contributed by atoms with Crippen LogP contribution < -0.4 is 9.80 Å². The normalized spacial score (nSPS) is 13.9. The number of rotatable bonds is 10. The largest absolute Gasteiger partial charge is 0.278 e. The fourth-order valence-corrected chi connectivity index (χ4v) is 9.62. The average molecular weight is 855 g/mol. The van der Waals surface area contributed by atoms with Gasteiger partial charge in [0, 0.05) is 59.4 Å². The molecular weight excluding hydrogens is 809 g/mol. The lowest BCUT2D eigenvalue weighted by Gasteiger charge is -2.26. The van der Waals surface area contributed by atoms with Gasteiger partial charge in [-0.15, -0.1) is 0 Å². The molecule has 8 nitrogen and oxygen atoms in total. The van der Waals surface area contributed by atoms with Crippen molar-refractivity contribution in [1.29, 1.82) is 0 Å². The maximum Gasteiger partial charge on any atom is 0.157 e. The number of aromatic nitrogens is 6. The van der Waals surface area contributed by atoms with Crippen molar-refractivity contribution in [3.8, 4) is 22.3 Å². The quantitative estimate of drug-likeness (QED) is 0.126. The molecule has 66 heavy (non-hydrogen) atoms. The summed E-state index contributed by atoms with van der Waals surface area (Å²) in [6.45, 7) is 9.25. The molecule has 0 saturated heterocycles. The lowest BCUT2D eigenvalue weighted by atomic mass is 9.81. The van der Waals surface area contributed by atoms with Crippen molar-refractivity contribution in [2.45, 2.75) is 38.5 Å². The van der Waals surface area contributed by atoms with Gasteiger partial charge in [0.2, 0.25) is 0 Å². The maximum atomic E-state index is 4.67. The average Bonchev–Trinajstić information content (AvgIpc) is 3.72. The van der Waals surface area contributed by atoms with E-state index in [2.05, 4.69) is 189 Å². The Labute approximate surface area is 385 Å². The molecule has 0 unspecified atom stereocenters. The summed E-state index contributed by atoms with van der Waals surface area (Å²) in [5, 5.41) is 0. The van der Waals surface area contributed by atoms with E-state index in [4.69, 9.17) is 0 Å². The van der Waals surface area contributed by atoms with E-state index in [-0.39, 0.29) is 10.8 Å². The first-order valence-electron chi connectivity index (χ1n) is 22.2. The minimum Gasteiger partial charge on any atom is -0.278 e. The third-order valence-electron chi connectivity index (χ3n) is 13.1. The van der Waals surface area contributed by atoms with Crippen LogP contribution in [-0.4, -0.2) is 29.9 Å². The highest BCUT2D eigenvalue weighted by Crippen LogP contribution is 2.52. The second kappa shape index (κ2) is 16.3. The van der Waals surface area contributed by atoms with Gasteiger partial charge in [-0.2, -0.15) is 0 Å². The summed E-state index contributed by atoms with van der Waals surface area (Å²) in [4.78, 5) is 31.4. The molecule has 0 saturated carbocycles. The summed E-state index contributed by atoms with van der Waals surface area (Å²) in [5.74, 6) is 3.02. The number of fused-ring (bicyclic) bond motifs is 6. The summed E-state index contributed by atoms with van der Waals surface area (Å²) in [6, 6.07) is 47.6. The van der Waals surface area contributed by atoms with Gasteiger partial charge < -0.3 is 0 Å². The van der Waals surface area contributed by atoms with Crippen LogP contribution in [0, 0.1) is 0 Å². The molecule has 0 radical (unpaired) electrons. The highest BCUT2D eigenvalue weighted by atomic mass is 15.3. The summed E-state index contributed by atoms with van der Waals surface area (Å²) in [6.07, 6.45) is 22.8. The lowest BCUT2D eigenvalue weighted by molar-refractivity contribution is 0.660. The SMILES string of the molecule is CC1(C)c2cc(/C=C/c3ccc(/C=C/c4ccc5c(c4)C(C)(C)c4cc(N(c6ccccn6)c6cnccn6)ccc4-5)cc3)ccc2-c2ccc(N(c3ccccn3)c3cnccn3)cc21. The number of anilines is 6. The van der Waals surface area contributed by atoms with Crippen LogP contribution in [0.15, 0.2) is 183 Å². The van der Waals surface area contributed by atoms with E-state index < -0.39 is 0 Å². The first kappa shape index (κ1) is 40.4. The van der Waals surface area contributed by atoms with Crippen molar-refractivity contribution in [2.24, 2.45) is 0 Å². The molecular formula is C58H46N8. The number of hydrogen-bond acceptors (Lipinski definition) is 8. The van der Waals surface area contributed by atoms with Gasteiger partial charge in [0.1, 0.15) is 11.6 Å². The van der Waals surface area contributed by atoms with E-state index in [1.54, 1.807) is 49.6 Å². The molecule has 0 bridgehead atoms. The zero-order valence-electron chi connectivity index (χ0n) is 37.2. The first-order valence-corrected chi connectivity index (χ1v) is 22.2. The third kappa shape index (κ3) is 7.22. The van der Waals surface area contributed by atoms with Crippen molar-refractivity contribution in [1.82, 2.24) is 29.9 Å². The lowest BCUT2D eigenvalue weighted by Crippen LogP contribution is -2.17. The topological polar surface area (TPSA) is 83.8 Å². The Morgan fingerprint density at radius 3 is 1.09 bits per heavy atom. The molecule has 4 aromatic heterocycles. The Balaban J connectivity index is 0.796. The fraction of sp³-hybridized carbons (Fsp3) is 0.103. The molecule has 5 aromatic carbocycles. The Kier molecular flexibility index (Phi) is 10.00. The van der Waals surface area contributed by atoms with Gasteiger partial charge >= 0.3 is 0 Å². The molecule has 9 aromatic rings. The molecule has 0 aliphatic heterocycles. The number of benzene rings is 5. The van der Waals surface area contributed by atoms with Gasteiger partial charge in [-0.05, 0) is 115 Å². The van der Waals surface area contributed by atoms with E-state index in [9.17, 15) is 0 Å². The van der Waals surface area contributed by atoms with Gasteiger partial charge in [-0.25, -0.2) is 19.9 Å². The molecule has 4 heterocycles. The number of nitrogens with zero attached hydrogens (tertiary/aromatic N) is 8. The van der Waals surface area contributed by atoms with Crippen LogP contribution in [0.25, 0.3) is 46.6 Å². The fourth-order valence-electron chi connectivity index (χ4n) is 9.62. The standard InChI is InChI=1S/C58H46N8/c1-57(2)49-33-41(19-23-45(49)47-25-21-43(35-51(47)57)65(53-9-5-7-27-61-53)55-37-59-29-31-63-55)17-15-39-11-13-40(14-12-39)16-18-42-20-24-46-48-26-22-44(36-52(48)58(3,4)50(46)34-42)66(54-10-6-8-28-62-54)56-38-60-30-32-64-56/h5-38H,1-4H3/b17-15+,18-16+. The van der Waals surface area contributed by atoms with E-state index >= 15 is 0 Å². The van der Waals surface area contributed by atoms with E-state index in [1.807, 2.05) is 36.4 Å². The molecule has 11 rings (SSSR count). The van der Waals surface area contributed by atoms with Gasteiger partial charge in [0.05, 0.1) is 12.4 Å². The van der Waals surface area contributed by atoms with Crippen LogP contribution in [0.5, 0.6) is 0 Å². The minimum atomic E-state index is -0.209. The third-order valence-corrected chi connectivity index (χ3v) is 13.1. The molecule has 0 fully saturated rings. The van der Waals surface area contributed by atoms with E-state index in [0.29, 0.717) is 0 Å². The van der Waals surface area contributed by atoms with Gasteiger partial charge in [-0.1, -0.05) is 137 Å². The van der Waals surface area contributed by atoms with Crippen LogP contribution in [0.1, 0.15) is 72.2 Å². The monoisotopic (exact) mass is 854 g/mol. The smallest absolute Gasteiger partial charge is 0.157 e. The van der Waals surface area contributed by atoms with Crippen molar-refractivity contribution in [3.63, 3.8) is 0 Å². The van der Waals surface area contributed by atoms with Gasteiger partial charge in [-0.3, -0.25) is 19.8 Å². The van der Waals surface area contributed by atoms with Crippen LogP contribution >= 0.6 is 0 Å². The zero-order valence-corrected chi connectivity index (χ0v) is 37.2. The Hall–Kier alpha value is -8.36. The highest BCUT2D eigenvalue weighted by Gasteiger charge is 2.38. The summed E-state index contributed by atoms with van der Waals surface area (Å²) < 4.78 is 0. The summed E-state index contributed by atoms with van der Waals surface area (Å²) in [7, 11) is 0. The van der Waals surface area contributed by atoms with E-state index in [1.165, 1.54) is 55.6 Å². The molecule has 0 N–H and O–H groups in total. The Bertz CT molecular complexity index is 2990. The second-order valence-electron chi connectivity index (χ2n) is 17.8. The molecule has 2 aliphatic rings. The van der Waals surface area contributed by atoms with Gasteiger partial charge in [0.15, 0.2) is 11.6 Å². The predicted octanol–water partition coefficient (Wildman–Crippen LogP) is 13.9. The van der Waals surface area contributed by atoms with Crippen LogP contribution in [0.4, 0.5) is 34.6 Å². The second-order valence-corrected chi connectivity index (χ2v) is 17.8. The van der Waals surface area contributed by atoms with Crippen molar-refractivity contribution in [2.75, 3.05) is 9.80 Å². The first-order chi connectivity index (χ1) is 32.2. The van der Waals surface area contributed by atoms with Crippen molar-refractivity contribution in [3.05, 3.63) is 228 Å². The molecule has 2 aliphatic carbocycles. The van der Waals surface area contributed by atoms with Crippen LogP contribution in [0.3, 0.4) is 0 Å². The molecule has 0 atom stereocenters. The molecule has 0 amide bonds. The van der Waals surface area contributed by atoms with Crippen molar-refractivity contribution < 1.29 is 0 Å². The van der Waals surface area contributed by atoms with E-state index in [0.717, 1.165) is 45.8 Å². The highest BCUT2D eigenvalue weighted by molar-refractivity contribution is 5.88. The Morgan fingerprint density at radius 2 is 0.712 bits per heavy atom. The van der Waals surface area contributed by atoms with Crippen LogP contribution in [0.2, 0.25) is 0 Å². The maximum absolute atomic E-state index is 4.67. The summed E-state index contributed by atoms with van der Waals surface area (Å²) >= 11 is 0. The molecule has 318 valence electrons. The minimum absolute atomic E-state index is 0.209. The summed E-state index contributed by atoms with van der Waals surface area (Å²) in [5.41, 5.74) is 16.4. The predicted molar refractivity (Wildman–Crippen MR) is 268 cm³/mol. The number of hydrogen-bond donors (Lipinski definition) is 0. The Morgan fingerprint density at radius 1 is 0.348 bits per heavy atom. The van der Waals surface area contributed by atoms with Gasteiger partial charge in [0.25, 0.3) is 0 Å². The number of pyridine rings is 2. The van der Waals surface area contributed by atoms with Crippen LogP contribution in [-0.2, 0) is 10.8 Å². The van der Waals surface area contributed by atoms with Crippen molar-refractivity contribution >= 4 is 59.0 Å². The zero-order chi connectivity index (χ0) is 44.8. The molecule has 0 spiro atoms. The molecule has 8 heteroatoms.